The van der Waals surface area contributed by atoms with Crippen LogP contribution in [0.15, 0.2) is 113 Å². The van der Waals surface area contributed by atoms with Crippen molar-refractivity contribution in [1.82, 2.24) is 0 Å². The molecular formula is C66H112O12S3Zr. The van der Waals surface area contributed by atoms with Crippen LogP contribution in [-0.4, -0.2) is 77.1 Å². The molecule has 0 aromatic heterocycles. The number of rotatable bonds is 46. The molecule has 12 nitrogen and oxygen atoms in total. The number of benzene rings is 3. The molecular weight excluding hydrogens is 1170 g/mol. The number of ether oxygens (including phenoxy) is 2. The molecule has 4 N–H and O–H groups in total. The van der Waals surface area contributed by atoms with Gasteiger partial charge in [-0.15, -0.1) is 13.2 Å². The Labute approximate surface area is 520 Å². The first-order valence-electron chi connectivity index (χ1n) is 31.0. The molecule has 3 aromatic rings. The number of unbranched alkanes of at least 4 members (excludes halogenated alkanes) is 27. The van der Waals surface area contributed by atoms with Crippen molar-refractivity contribution in [3.05, 3.63) is 115 Å². The number of aryl methyl sites for hydroxylation is 3. The molecule has 0 radical (unpaired) electrons. The van der Waals surface area contributed by atoms with Gasteiger partial charge in [-0.3, -0.25) is 13.7 Å². The summed E-state index contributed by atoms with van der Waals surface area (Å²) in [6.45, 7) is 18.0. The van der Waals surface area contributed by atoms with Crippen LogP contribution in [0.2, 0.25) is 0 Å². The minimum absolute atomic E-state index is 0. The molecule has 0 saturated carbocycles. The van der Waals surface area contributed by atoms with Crippen LogP contribution in [0, 0.1) is 5.41 Å². The average molecular weight is 1290 g/mol. The Kier molecular flexibility index (Phi) is 52.7. The van der Waals surface area contributed by atoms with E-state index >= 15 is 0 Å². The zero-order valence-corrected chi connectivity index (χ0v) is 56.3. The van der Waals surface area contributed by atoms with Crippen LogP contribution < -0.4 is 0 Å². The second-order valence-corrected chi connectivity index (χ2v) is 26.0. The van der Waals surface area contributed by atoms with Crippen LogP contribution in [0.4, 0.5) is 0 Å². The third-order valence-corrected chi connectivity index (χ3v) is 17.1. The van der Waals surface area contributed by atoms with Crippen LogP contribution in [0.25, 0.3) is 0 Å². The molecule has 0 unspecified atom stereocenters. The Morgan fingerprint density at radius 3 is 0.756 bits per heavy atom. The third kappa shape index (κ3) is 45.9. The van der Waals surface area contributed by atoms with Crippen molar-refractivity contribution in [2.75, 3.05) is 33.0 Å². The van der Waals surface area contributed by atoms with E-state index in [0.717, 1.165) is 61.6 Å². The van der Waals surface area contributed by atoms with E-state index in [1.54, 1.807) is 48.6 Å². The van der Waals surface area contributed by atoms with Crippen LogP contribution in [0.1, 0.15) is 243 Å². The van der Waals surface area contributed by atoms with Gasteiger partial charge in [0.15, 0.2) is 0 Å². The Balaban J connectivity index is 0. The maximum absolute atomic E-state index is 10.9. The van der Waals surface area contributed by atoms with Gasteiger partial charge >= 0.3 is 0 Å². The van der Waals surface area contributed by atoms with Crippen LogP contribution >= 0.6 is 0 Å². The fourth-order valence-corrected chi connectivity index (χ4v) is 10.5. The average Bonchev–Trinajstić information content (AvgIpc) is 3.51. The smallest absolute Gasteiger partial charge is 0.294 e. The van der Waals surface area contributed by atoms with Gasteiger partial charge in [0.05, 0.1) is 47.7 Å². The van der Waals surface area contributed by atoms with E-state index in [1.807, 2.05) is 6.92 Å². The Hall–Kier alpha value is -2.37. The predicted octanol–water partition coefficient (Wildman–Crippen LogP) is 18.0. The van der Waals surface area contributed by atoms with Gasteiger partial charge in [0.2, 0.25) is 0 Å². The molecule has 0 atom stereocenters. The van der Waals surface area contributed by atoms with Crippen molar-refractivity contribution >= 4 is 30.4 Å². The number of hydrogen-bond acceptors (Lipinski definition) is 9. The van der Waals surface area contributed by atoms with Crippen molar-refractivity contribution in [1.29, 1.82) is 0 Å². The fourth-order valence-electron chi connectivity index (χ4n) is 9.10. The van der Waals surface area contributed by atoms with E-state index in [1.165, 1.54) is 210 Å². The maximum Gasteiger partial charge on any atom is 0.294 e. The molecule has 82 heavy (non-hydrogen) atoms. The minimum Gasteiger partial charge on any atom is -0.396 e. The third-order valence-electron chi connectivity index (χ3n) is 14.5. The molecule has 3 rings (SSSR count). The molecule has 470 valence electrons. The maximum atomic E-state index is 10.9. The van der Waals surface area contributed by atoms with Crippen molar-refractivity contribution in [2.24, 2.45) is 5.41 Å². The monoisotopic (exact) mass is 1280 g/mol. The first kappa shape index (κ1) is 81.7. The first-order valence-corrected chi connectivity index (χ1v) is 35.4. The van der Waals surface area contributed by atoms with Gasteiger partial charge in [0, 0.05) is 31.6 Å². The number of aliphatic hydroxyl groups is 1. The molecule has 0 bridgehead atoms. The molecule has 0 saturated heterocycles. The van der Waals surface area contributed by atoms with Gasteiger partial charge in [-0.2, -0.15) is 25.3 Å². The van der Waals surface area contributed by atoms with E-state index in [2.05, 4.69) is 33.9 Å². The van der Waals surface area contributed by atoms with Crippen LogP contribution in [0.5, 0.6) is 0 Å². The van der Waals surface area contributed by atoms with Gasteiger partial charge in [-0.05, 0) is 98.0 Å². The van der Waals surface area contributed by atoms with Crippen LogP contribution in [0.3, 0.4) is 0 Å². The first-order chi connectivity index (χ1) is 38.9. The summed E-state index contributed by atoms with van der Waals surface area (Å²) in [7, 11) is -12.2. The van der Waals surface area contributed by atoms with Gasteiger partial charge in [-0.25, -0.2) is 0 Å². The molecule has 0 fully saturated rings. The summed E-state index contributed by atoms with van der Waals surface area (Å²) in [5.41, 5.74) is 3.09. The largest absolute Gasteiger partial charge is 0.396 e. The summed E-state index contributed by atoms with van der Waals surface area (Å²) >= 11 is 0. The molecule has 0 spiro atoms. The molecule has 0 heterocycles. The fraction of sp³-hybridized carbons (Fsp3) is 0.667. The quantitative estimate of drug-likeness (QED) is 0.0237. The molecule has 0 aliphatic carbocycles. The van der Waals surface area contributed by atoms with E-state index in [0.29, 0.717) is 26.4 Å². The van der Waals surface area contributed by atoms with E-state index in [4.69, 9.17) is 23.1 Å². The van der Waals surface area contributed by atoms with Gasteiger partial charge in [-0.1, -0.05) is 250 Å². The summed E-state index contributed by atoms with van der Waals surface area (Å²) in [6.07, 6.45) is 46.6. The molecule has 3 aromatic carbocycles. The number of hydrogen-bond donors (Lipinski definition) is 4. The summed E-state index contributed by atoms with van der Waals surface area (Å²) in [6, 6.07) is 19.6. The summed E-state index contributed by atoms with van der Waals surface area (Å²) < 4.78 is 103. The SMILES string of the molecule is C=CCOCC(CC)(CO)COCC=C.CCCCCCCCCCCCc1ccc(S(=O)(=O)O)cc1.CCCCCCCCCCCCc1ccc(S(=O)(=O)O)cc1.CCCCCCCCCCCCc1ccc(S(=O)(=O)O)cc1.[Zr]. The van der Waals surface area contributed by atoms with Crippen molar-refractivity contribution in [3.63, 3.8) is 0 Å². The minimum atomic E-state index is -4.06. The zero-order valence-electron chi connectivity index (χ0n) is 51.4. The Morgan fingerprint density at radius 2 is 0.585 bits per heavy atom. The predicted molar refractivity (Wildman–Crippen MR) is 337 cm³/mol. The second-order valence-electron chi connectivity index (χ2n) is 21.8. The van der Waals surface area contributed by atoms with Gasteiger partial charge in [0.1, 0.15) is 0 Å². The standard InChI is InChI=1S/3C18H30O3S.C12H22O3.Zr/c3*1-2-3-4-5-6-7-8-9-10-11-12-17-13-15-18(16-14-17)22(19,20)21;1-4-7-14-10-12(6-3,9-13)11-15-8-5-2;/h3*13-16H,2-12H2,1H3,(H,19,20,21);4-5,13H,1-2,6-11H2,3H3;. The van der Waals surface area contributed by atoms with Crippen molar-refractivity contribution in [3.8, 4) is 0 Å². The number of aliphatic hydroxyl groups excluding tert-OH is 1. The van der Waals surface area contributed by atoms with Crippen LogP contribution in [-0.2, 0) is 85.3 Å². The molecule has 0 amide bonds. The van der Waals surface area contributed by atoms with Crippen molar-refractivity contribution in [2.45, 2.75) is 261 Å². The van der Waals surface area contributed by atoms with Crippen molar-refractivity contribution < 1.29 is 79.7 Å². The van der Waals surface area contributed by atoms with E-state index in [-0.39, 0.29) is 52.9 Å². The topological polar surface area (TPSA) is 202 Å². The molecule has 0 aliphatic rings. The molecule has 0 aliphatic heterocycles. The molecule has 16 heteroatoms. The van der Waals surface area contributed by atoms with E-state index in [9.17, 15) is 30.4 Å². The van der Waals surface area contributed by atoms with Gasteiger partial charge < -0.3 is 14.6 Å². The Bertz CT molecular complexity index is 2040. The normalized spacial score (nSPS) is 11.5. The Morgan fingerprint density at radius 1 is 0.378 bits per heavy atom. The van der Waals surface area contributed by atoms with Gasteiger partial charge in [0.25, 0.3) is 30.4 Å². The summed E-state index contributed by atoms with van der Waals surface area (Å²) in [4.78, 5) is -0.0852. The zero-order chi connectivity index (χ0) is 60.4. The summed E-state index contributed by atoms with van der Waals surface area (Å²) in [5, 5.41) is 9.36. The summed E-state index contributed by atoms with van der Waals surface area (Å²) in [5.74, 6) is 0. The van der Waals surface area contributed by atoms with E-state index < -0.39 is 30.4 Å². The second kappa shape index (κ2) is 52.9.